The SMILES string of the molecule is O=C(O)c1ccn(-c2nccn3nc(C(F)(F)F)cc23)n1. The molecule has 0 aromatic carbocycles. The molecular weight excluding hydrogens is 291 g/mol. The third kappa shape index (κ3) is 2.20. The van der Waals surface area contributed by atoms with Gasteiger partial charge in [-0.15, -0.1) is 0 Å². The van der Waals surface area contributed by atoms with Crippen molar-refractivity contribution in [3.05, 3.63) is 42.1 Å². The molecule has 21 heavy (non-hydrogen) atoms. The van der Waals surface area contributed by atoms with E-state index in [0.717, 1.165) is 15.3 Å². The molecule has 10 heteroatoms. The molecule has 3 rings (SSSR count). The van der Waals surface area contributed by atoms with Gasteiger partial charge in [0.1, 0.15) is 5.52 Å². The van der Waals surface area contributed by atoms with Crippen LogP contribution in [0.2, 0.25) is 0 Å². The zero-order valence-electron chi connectivity index (χ0n) is 10.1. The summed E-state index contributed by atoms with van der Waals surface area (Å²) in [4.78, 5) is 14.7. The first-order chi connectivity index (χ1) is 9.86. The molecule has 0 unspecified atom stereocenters. The largest absolute Gasteiger partial charge is 0.476 e. The number of aromatic nitrogens is 5. The van der Waals surface area contributed by atoms with Crippen LogP contribution in [0.1, 0.15) is 16.2 Å². The van der Waals surface area contributed by atoms with E-state index in [0.29, 0.717) is 0 Å². The Morgan fingerprint density at radius 2 is 2.00 bits per heavy atom. The number of carbonyl (C=O) groups is 1. The quantitative estimate of drug-likeness (QED) is 0.777. The van der Waals surface area contributed by atoms with Gasteiger partial charge in [0, 0.05) is 24.7 Å². The Morgan fingerprint density at radius 1 is 1.24 bits per heavy atom. The maximum Gasteiger partial charge on any atom is 0.435 e. The van der Waals surface area contributed by atoms with Gasteiger partial charge in [-0.05, 0) is 6.07 Å². The van der Waals surface area contributed by atoms with Gasteiger partial charge in [-0.25, -0.2) is 19.0 Å². The molecule has 0 bridgehead atoms. The molecule has 0 spiro atoms. The molecule has 7 nitrogen and oxygen atoms in total. The van der Waals surface area contributed by atoms with E-state index in [4.69, 9.17) is 5.11 Å². The van der Waals surface area contributed by atoms with Crippen LogP contribution < -0.4 is 0 Å². The summed E-state index contributed by atoms with van der Waals surface area (Å²) in [7, 11) is 0. The van der Waals surface area contributed by atoms with Crippen molar-refractivity contribution in [3.63, 3.8) is 0 Å². The molecule has 0 saturated heterocycles. The fraction of sp³-hybridized carbons (Fsp3) is 0.0909. The molecule has 3 aromatic rings. The number of hydrogen-bond acceptors (Lipinski definition) is 4. The van der Waals surface area contributed by atoms with Crippen LogP contribution in [0.3, 0.4) is 0 Å². The minimum atomic E-state index is -4.58. The highest BCUT2D eigenvalue weighted by molar-refractivity contribution is 5.85. The second-order valence-electron chi connectivity index (χ2n) is 4.06. The fourth-order valence-electron chi connectivity index (χ4n) is 1.78. The summed E-state index contributed by atoms with van der Waals surface area (Å²) in [5.74, 6) is -1.20. The Hall–Kier alpha value is -2.91. The normalized spacial score (nSPS) is 12.0. The third-order valence-electron chi connectivity index (χ3n) is 2.69. The number of rotatable bonds is 2. The van der Waals surface area contributed by atoms with Crippen LogP contribution >= 0.6 is 0 Å². The predicted molar refractivity (Wildman–Crippen MR) is 62.1 cm³/mol. The van der Waals surface area contributed by atoms with Gasteiger partial charge >= 0.3 is 12.1 Å². The van der Waals surface area contributed by atoms with Crippen molar-refractivity contribution in [1.29, 1.82) is 0 Å². The molecule has 108 valence electrons. The van der Waals surface area contributed by atoms with E-state index in [9.17, 15) is 18.0 Å². The Bertz CT molecular complexity index is 836. The van der Waals surface area contributed by atoms with Crippen molar-refractivity contribution in [2.24, 2.45) is 0 Å². The van der Waals surface area contributed by atoms with Crippen molar-refractivity contribution in [2.75, 3.05) is 0 Å². The number of alkyl halides is 3. The summed E-state index contributed by atoms with van der Waals surface area (Å²) >= 11 is 0. The van der Waals surface area contributed by atoms with Crippen LogP contribution in [0.5, 0.6) is 0 Å². The lowest BCUT2D eigenvalue weighted by atomic mass is 10.4. The van der Waals surface area contributed by atoms with Gasteiger partial charge in [-0.2, -0.15) is 23.4 Å². The number of nitrogens with zero attached hydrogens (tertiary/aromatic N) is 5. The lowest BCUT2D eigenvalue weighted by Crippen LogP contribution is -2.05. The van der Waals surface area contributed by atoms with Crippen molar-refractivity contribution in [3.8, 4) is 5.82 Å². The molecule has 0 radical (unpaired) electrons. The van der Waals surface area contributed by atoms with E-state index >= 15 is 0 Å². The van der Waals surface area contributed by atoms with Crippen LogP contribution in [0, 0.1) is 0 Å². The summed E-state index contributed by atoms with van der Waals surface area (Å²) in [5, 5.41) is 15.9. The molecular formula is C11H6F3N5O2. The van der Waals surface area contributed by atoms with Gasteiger partial charge < -0.3 is 5.11 Å². The summed E-state index contributed by atoms with van der Waals surface area (Å²) in [6.45, 7) is 0. The Kier molecular flexibility index (Phi) is 2.68. The van der Waals surface area contributed by atoms with Crippen molar-refractivity contribution in [2.45, 2.75) is 6.18 Å². The highest BCUT2D eigenvalue weighted by Crippen LogP contribution is 2.29. The molecule has 0 aliphatic carbocycles. The van der Waals surface area contributed by atoms with Gasteiger partial charge in [0.05, 0.1) is 0 Å². The fourth-order valence-corrected chi connectivity index (χ4v) is 1.78. The summed E-state index contributed by atoms with van der Waals surface area (Å²) in [5.41, 5.74) is -1.25. The van der Waals surface area contributed by atoms with Gasteiger partial charge in [-0.1, -0.05) is 0 Å². The van der Waals surface area contributed by atoms with E-state index in [2.05, 4.69) is 15.2 Å². The summed E-state index contributed by atoms with van der Waals surface area (Å²) in [6.07, 6.45) is -0.779. The zero-order chi connectivity index (χ0) is 15.2. The molecule has 0 aliphatic rings. The molecule has 3 aromatic heterocycles. The van der Waals surface area contributed by atoms with Crippen LogP contribution in [-0.4, -0.2) is 35.5 Å². The van der Waals surface area contributed by atoms with E-state index in [1.165, 1.54) is 24.7 Å². The molecule has 3 heterocycles. The monoisotopic (exact) mass is 297 g/mol. The molecule has 0 amide bonds. The number of fused-ring (bicyclic) bond motifs is 1. The number of carboxylic acids is 1. The van der Waals surface area contributed by atoms with Crippen LogP contribution in [0.25, 0.3) is 11.3 Å². The first-order valence-electron chi connectivity index (χ1n) is 5.57. The molecule has 0 atom stereocenters. The number of hydrogen-bond donors (Lipinski definition) is 1. The second kappa shape index (κ2) is 4.30. The van der Waals surface area contributed by atoms with Crippen molar-refractivity contribution < 1.29 is 23.1 Å². The molecule has 0 aliphatic heterocycles. The maximum atomic E-state index is 12.7. The van der Waals surface area contributed by atoms with Gasteiger partial charge in [0.25, 0.3) is 0 Å². The van der Waals surface area contributed by atoms with Gasteiger partial charge in [0.15, 0.2) is 17.2 Å². The number of halogens is 3. The van der Waals surface area contributed by atoms with Crippen LogP contribution in [-0.2, 0) is 6.18 Å². The van der Waals surface area contributed by atoms with E-state index < -0.39 is 17.8 Å². The van der Waals surface area contributed by atoms with E-state index in [1.54, 1.807) is 0 Å². The zero-order valence-corrected chi connectivity index (χ0v) is 10.1. The van der Waals surface area contributed by atoms with Gasteiger partial charge in [-0.3, -0.25) is 0 Å². The minimum Gasteiger partial charge on any atom is -0.476 e. The summed E-state index contributed by atoms with van der Waals surface area (Å²) in [6, 6.07) is 2.04. The number of carboxylic acid groups (broad SMARTS) is 1. The molecule has 0 fully saturated rings. The topological polar surface area (TPSA) is 85.3 Å². The molecule has 0 saturated carbocycles. The average molecular weight is 297 g/mol. The Morgan fingerprint density at radius 3 is 2.62 bits per heavy atom. The predicted octanol–water partition coefficient (Wildman–Crippen LogP) is 1.63. The number of aromatic carboxylic acids is 1. The van der Waals surface area contributed by atoms with E-state index in [1.807, 2.05) is 0 Å². The first kappa shape index (κ1) is 13.1. The van der Waals surface area contributed by atoms with Gasteiger partial charge in [0.2, 0.25) is 0 Å². The summed E-state index contributed by atoms with van der Waals surface area (Å²) < 4.78 is 40.1. The smallest absolute Gasteiger partial charge is 0.435 e. The highest BCUT2D eigenvalue weighted by Gasteiger charge is 2.34. The van der Waals surface area contributed by atoms with Crippen molar-refractivity contribution in [1.82, 2.24) is 24.4 Å². The van der Waals surface area contributed by atoms with E-state index in [-0.39, 0.29) is 17.0 Å². The lowest BCUT2D eigenvalue weighted by molar-refractivity contribution is -0.141. The standard InChI is InChI=1S/C11H6F3N5O2/c12-11(13,14)8-5-7-9(15-2-4-18(7)17-8)19-3-1-6(16-19)10(20)21/h1-5H,(H,20,21). The van der Waals surface area contributed by atoms with Crippen LogP contribution in [0.15, 0.2) is 30.7 Å². The molecule has 1 N–H and O–H groups in total. The maximum absolute atomic E-state index is 12.7. The first-order valence-corrected chi connectivity index (χ1v) is 5.57. The Balaban J connectivity index is 2.18. The van der Waals surface area contributed by atoms with Crippen molar-refractivity contribution >= 4 is 11.5 Å². The Labute approximate surface area is 114 Å². The highest BCUT2D eigenvalue weighted by atomic mass is 19.4. The minimum absolute atomic E-state index is 0.0491. The van der Waals surface area contributed by atoms with Crippen LogP contribution in [0.4, 0.5) is 13.2 Å². The third-order valence-corrected chi connectivity index (χ3v) is 2.69. The second-order valence-corrected chi connectivity index (χ2v) is 4.06. The lowest BCUT2D eigenvalue weighted by Gasteiger charge is -2.01. The average Bonchev–Trinajstić information content (AvgIpc) is 3.04.